The van der Waals surface area contributed by atoms with Gasteiger partial charge in [0.05, 0.1) is 43.9 Å². The molecule has 222 valence electrons. The lowest BCUT2D eigenvalue weighted by Crippen LogP contribution is -2.40. The molecule has 0 aliphatic carbocycles. The quantitative estimate of drug-likeness (QED) is 0.273. The van der Waals surface area contributed by atoms with Crippen LogP contribution < -0.4 is 25.8 Å². The number of nitrogens with zero attached hydrogens (tertiary/aromatic N) is 7. The van der Waals surface area contributed by atoms with Crippen molar-refractivity contribution < 1.29 is 9.47 Å². The minimum absolute atomic E-state index is 0.211. The van der Waals surface area contributed by atoms with Gasteiger partial charge in [-0.25, -0.2) is 4.68 Å². The van der Waals surface area contributed by atoms with Crippen LogP contribution in [0.1, 0.15) is 22.9 Å². The predicted octanol–water partition coefficient (Wildman–Crippen LogP) is 3.83. The molecule has 3 aliphatic rings. The lowest BCUT2D eigenvalue weighted by atomic mass is 9.97. The Balaban J connectivity index is 1.17. The summed E-state index contributed by atoms with van der Waals surface area (Å²) in [7, 11) is 0. The van der Waals surface area contributed by atoms with Gasteiger partial charge in [-0.2, -0.15) is 20.1 Å². The summed E-state index contributed by atoms with van der Waals surface area (Å²) >= 11 is 12.1. The zero-order chi connectivity index (χ0) is 29.3. The zero-order valence-corrected chi connectivity index (χ0v) is 25.2. The fourth-order valence-electron chi connectivity index (χ4n) is 5.52. The van der Waals surface area contributed by atoms with Crippen molar-refractivity contribution in [2.24, 2.45) is 0 Å². The molecule has 0 saturated carbocycles. The van der Waals surface area contributed by atoms with Crippen LogP contribution in [-0.4, -0.2) is 82.5 Å². The maximum atomic E-state index is 6.57. The lowest BCUT2D eigenvalue weighted by molar-refractivity contribution is 0.121. The summed E-state index contributed by atoms with van der Waals surface area (Å²) < 4.78 is 12.9. The highest BCUT2D eigenvalue weighted by atomic mass is 35.5. The zero-order valence-electron chi connectivity index (χ0n) is 23.6. The Morgan fingerprint density at radius 1 is 0.884 bits per heavy atom. The van der Waals surface area contributed by atoms with Crippen LogP contribution in [0.15, 0.2) is 48.5 Å². The summed E-state index contributed by atoms with van der Waals surface area (Å²) in [6.45, 7) is 7.52. The molecule has 3 aliphatic heterocycles. The molecule has 2 fully saturated rings. The highest BCUT2D eigenvalue weighted by Gasteiger charge is 2.31. The molecule has 3 N–H and O–H groups in total. The van der Waals surface area contributed by atoms with Crippen molar-refractivity contribution in [1.29, 1.82) is 0 Å². The number of halogens is 1. The summed E-state index contributed by atoms with van der Waals surface area (Å²) in [6.07, 6.45) is 0. The largest absolute Gasteiger partial charge is 0.378 e. The summed E-state index contributed by atoms with van der Waals surface area (Å²) in [4.78, 5) is 18.6. The molecule has 2 aromatic heterocycles. The Labute approximate surface area is 259 Å². The van der Waals surface area contributed by atoms with Gasteiger partial charge < -0.3 is 35.2 Å². The van der Waals surface area contributed by atoms with Crippen molar-refractivity contribution >= 4 is 58.3 Å². The van der Waals surface area contributed by atoms with E-state index in [1.807, 2.05) is 60.1 Å². The molecule has 14 heteroatoms. The second-order valence-electron chi connectivity index (χ2n) is 10.4. The third-order valence-corrected chi connectivity index (χ3v) is 8.25. The monoisotopic (exact) mass is 618 g/mol. The third kappa shape index (κ3) is 5.68. The van der Waals surface area contributed by atoms with E-state index in [0.29, 0.717) is 54.4 Å². The number of hydrogen-bond donors (Lipinski definition) is 3. The van der Waals surface area contributed by atoms with E-state index in [2.05, 4.69) is 25.8 Å². The van der Waals surface area contributed by atoms with Gasteiger partial charge in [0.15, 0.2) is 5.11 Å². The van der Waals surface area contributed by atoms with Crippen LogP contribution in [0, 0.1) is 6.92 Å². The van der Waals surface area contributed by atoms with E-state index in [-0.39, 0.29) is 6.04 Å². The van der Waals surface area contributed by atoms with Crippen molar-refractivity contribution in [3.8, 4) is 5.69 Å². The Hall–Kier alpha value is -4.04. The third-order valence-electron chi connectivity index (χ3n) is 7.69. The number of nitrogens with one attached hydrogen (secondary N) is 3. The van der Waals surface area contributed by atoms with Gasteiger partial charge in [0.1, 0.15) is 5.82 Å². The molecule has 2 aromatic carbocycles. The Morgan fingerprint density at radius 2 is 1.51 bits per heavy atom. The molecule has 0 radical (unpaired) electrons. The Kier molecular flexibility index (Phi) is 7.70. The van der Waals surface area contributed by atoms with E-state index in [1.54, 1.807) is 0 Å². The first-order chi connectivity index (χ1) is 21.0. The van der Waals surface area contributed by atoms with Crippen LogP contribution in [0.2, 0.25) is 5.02 Å². The molecule has 7 rings (SSSR count). The number of benzene rings is 2. The summed E-state index contributed by atoms with van der Waals surface area (Å²) in [5.41, 5.74) is 4.54. The number of morpholine rings is 2. The van der Waals surface area contributed by atoms with Gasteiger partial charge in [-0.1, -0.05) is 29.8 Å². The molecule has 0 amide bonds. The highest BCUT2D eigenvalue weighted by Crippen LogP contribution is 2.38. The van der Waals surface area contributed by atoms with Crippen molar-refractivity contribution in [1.82, 2.24) is 30.0 Å². The number of fused-ring (bicyclic) bond motifs is 1. The minimum Gasteiger partial charge on any atom is -0.378 e. The van der Waals surface area contributed by atoms with E-state index >= 15 is 0 Å². The van der Waals surface area contributed by atoms with Gasteiger partial charge in [0.25, 0.3) is 0 Å². The number of rotatable bonds is 6. The van der Waals surface area contributed by atoms with E-state index in [4.69, 9.17) is 53.3 Å². The Bertz CT molecular complexity index is 1600. The molecular weight excluding hydrogens is 588 g/mol. The first kappa shape index (κ1) is 27.8. The van der Waals surface area contributed by atoms with Crippen molar-refractivity contribution in [2.45, 2.75) is 13.0 Å². The first-order valence-electron chi connectivity index (χ1n) is 14.2. The van der Waals surface area contributed by atoms with Gasteiger partial charge in [-0.15, -0.1) is 0 Å². The van der Waals surface area contributed by atoms with Gasteiger partial charge >= 0.3 is 0 Å². The maximum Gasteiger partial charge on any atom is 0.233 e. The molecule has 0 spiro atoms. The average molecular weight is 619 g/mol. The van der Waals surface area contributed by atoms with E-state index in [9.17, 15) is 0 Å². The molecule has 1 unspecified atom stereocenters. The fourth-order valence-corrected chi connectivity index (χ4v) is 5.98. The number of aromatic nitrogens is 5. The van der Waals surface area contributed by atoms with E-state index < -0.39 is 0 Å². The topological polar surface area (TPSA) is 118 Å². The van der Waals surface area contributed by atoms with Crippen molar-refractivity contribution in [2.75, 3.05) is 73.0 Å². The summed E-state index contributed by atoms with van der Waals surface area (Å²) in [5.74, 6) is 2.58. The lowest BCUT2D eigenvalue weighted by Gasteiger charge is -2.30. The van der Waals surface area contributed by atoms with Gasteiger partial charge in [0.2, 0.25) is 17.8 Å². The predicted molar refractivity (Wildman–Crippen MR) is 170 cm³/mol. The molecule has 0 bridgehead atoms. The minimum atomic E-state index is -0.211. The molecule has 1 atom stereocenters. The van der Waals surface area contributed by atoms with Crippen LogP contribution in [-0.2, 0) is 9.47 Å². The molecule has 43 heavy (non-hydrogen) atoms. The number of anilines is 5. The smallest absolute Gasteiger partial charge is 0.233 e. The maximum absolute atomic E-state index is 6.57. The standard InChI is InChI=1S/C29H31ClN10O2S/c1-18-23-24(21-4-2-3-5-22(21)30)32-29(43)33-25(23)40(37-18)20-8-6-19(7-9-20)31-26-34-27(38-10-14-41-15-11-38)36-28(35-26)39-12-16-42-17-13-39/h2-9,24H,10-17H2,1H3,(H2,32,33,43)(H,31,34,35,36). The van der Waals surface area contributed by atoms with Gasteiger partial charge in [0, 0.05) is 42.5 Å². The van der Waals surface area contributed by atoms with E-state index in [1.165, 1.54) is 0 Å². The molecule has 2 saturated heterocycles. The number of hydrogen-bond acceptors (Lipinski definition) is 10. The van der Waals surface area contributed by atoms with Gasteiger partial charge in [-0.3, -0.25) is 0 Å². The fraction of sp³-hybridized carbons (Fsp3) is 0.345. The second-order valence-corrected chi connectivity index (χ2v) is 11.3. The van der Waals surface area contributed by atoms with Crippen LogP contribution in [0.25, 0.3) is 5.69 Å². The highest BCUT2D eigenvalue weighted by molar-refractivity contribution is 7.80. The normalized spacial score (nSPS) is 18.6. The number of aryl methyl sites for hydroxylation is 1. The van der Waals surface area contributed by atoms with Crippen LogP contribution in [0.3, 0.4) is 0 Å². The molecule has 4 aromatic rings. The number of ether oxygens (including phenoxy) is 2. The molecule has 5 heterocycles. The molecule has 12 nitrogen and oxygen atoms in total. The summed E-state index contributed by atoms with van der Waals surface area (Å²) in [5, 5.41) is 16.1. The van der Waals surface area contributed by atoms with Crippen molar-refractivity contribution in [3.63, 3.8) is 0 Å². The summed E-state index contributed by atoms with van der Waals surface area (Å²) in [6, 6.07) is 15.5. The number of thiocarbonyl (C=S) groups is 1. The van der Waals surface area contributed by atoms with E-state index in [0.717, 1.165) is 60.2 Å². The Morgan fingerprint density at radius 3 is 2.14 bits per heavy atom. The average Bonchev–Trinajstić information content (AvgIpc) is 3.37. The second kappa shape index (κ2) is 11.9. The SMILES string of the molecule is Cc1nn(-c2ccc(Nc3nc(N4CCOCC4)nc(N4CCOCC4)n3)cc2)c2c1C(c1ccccc1Cl)NC(=S)N2. The van der Waals surface area contributed by atoms with Crippen molar-refractivity contribution in [3.05, 3.63) is 70.4 Å². The first-order valence-corrected chi connectivity index (χ1v) is 15.0. The van der Waals surface area contributed by atoms with Gasteiger partial charge in [-0.05, 0) is 55.0 Å². The van der Waals surface area contributed by atoms with Crippen LogP contribution >= 0.6 is 23.8 Å². The molecular formula is C29H31ClN10O2S. The van der Waals surface area contributed by atoms with Crippen LogP contribution in [0.5, 0.6) is 0 Å². The van der Waals surface area contributed by atoms with Crippen LogP contribution in [0.4, 0.5) is 29.4 Å².